The average Bonchev–Trinajstić information content (AvgIpc) is 3.11. The molecule has 2 heterocycles. The molecule has 156 valence electrons. The molecule has 2 aliphatic rings. The Balaban J connectivity index is 1.64. The van der Waals surface area contributed by atoms with Crippen molar-refractivity contribution in [1.82, 2.24) is 20.4 Å². The van der Waals surface area contributed by atoms with Crippen LogP contribution in [0.15, 0.2) is 53.5 Å². The first-order valence-electron chi connectivity index (χ1n) is 9.80. The molecule has 2 unspecified atom stereocenters. The van der Waals surface area contributed by atoms with Crippen LogP contribution in [0.2, 0.25) is 0 Å². The zero-order chi connectivity index (χ0) is 21.3. The number of aliphatic imine (C=N–C) groups is 1. The minimum absolute atomic E-state index is 0.321. The van der Waals surface area contributed by atoms with E-state index in [0.29, 0.717) is 19.0 Å². The molecule has 0 radical (unpaired) electrons. The van der Waals surface area contributed by atoms with Crippen LogP contribution in [0.3, 0.4) is 0 Å². The Morgan fingerprint density at radius 2 is 1.83 bits per heavy atom. The van der Waals surface area contributed by atoms with Crippen LogP contribution in [0, 0.1) is 6.92 Å². The highest BCUT2D eigenvalue weighted by atomic mass is 16.5. The van der Waals surface area contributed by atoms with Gasteiger partial charge < -0.3 is 19.9 Å². The van der Waals surface area contributed by atoms with Crippen molar-refractivity contribution < 1.29 is 14.3 Å². The highest BCUT2D eigenvalue weighted by Crippen LogP contribution is 2.24. The van der Waals surface area contributed by atoms with Crippen LogP contribution < -0.4 is 15.4 Å². The molecular formula is C22H25N5O3. The van der Waals surface area contributed by atoms with Crippen LogP contribution in [0.5, 0.6) is 5.75 Å². The predicted molar refractivity (Wildman–Crippen MR) is 113 cm³/mol. The summed E-state index contributed by atoms with van der Waals surface area (Å²) in [5.74, 6) is 1.06. The van der Waals surface area contributed by atoms with Gasteiger partial charge in [0, 0.05) is 13.6 Å². The molecule has 2 fully saturated rings. The number of ether oxygens (including phenoxy) is 1. The third kappa shape index (κ3) is 3.68. The van der Waals surface area contributed by atoms with Gasteiger partial charge in [-0.25, -0.2) is 9.79 Å². The van der Waals surface area contributed by atoms with E-state index in [2.05, 4.69) is 10.6 Å². The van der Waals surface area contributed by atoms with Crippen molar-refractivity contribution in [3.8, 4) is 5.75 Å². The largest absolute Gasteiger partial charge is 0.497 e. The zero-order valence-corrected chi connectivity index (χ0v) is 17.3. The van der Waals surface area contributed by atoms with Crippen molar-refractivity contribution in [2.75, 3.05) is 14.2 Å². The molecule has 8 nitrogen and oxygen atoms in total. The molecule has 2 aromatic rings. The van der Waals surface area contributed by atoms with Crippen molar-refractivity contribution in [2.24, 2.45) is 4.99 Å². The highest BCUT2D eigenvalue weighted by molar-refractivity contribution is 6.04. The van der Waals surface area contributed by atoms with Gasteiger partial charge in [0.1, 0.15) is 11.9 Å². The Morgan fingerprint density at radius 1 is 1.10 bits per heavy atom. The maximum Gasteiger partial charge on any atom is 0.325 e. The van der Waals surface area contributed by atoms with Crippen molar-refractivity contribution in [2.45, 2.75) is 32.2 Å². The van der Waals surface area contributed by atoms with E-state index in [1.165, 1.54) is 4.90 Å². The first-order valence-corrected chi connectivity index (χ1v) is 9.80. The van der Waals surface area contributed by atoms with Crippen molar-refractivity contribution in [3.63, 3.8) is 0 Å². The molecule has 2 atom stereocenters. The van der Waals surface area contributed by atoms with Crippen LogP contribution in [0.1, 0.15) is 16.7 Å². The normalized spacial score (nSPS) is 22.0. The molecule has 2 aliphatic heterocycles. The van der Waals surface area contributed by atoms with E-state index < -0.39 is 18.2 Å². The molecule has 2 saturated heterocycles. The van der Waals surface area contributed by atoms with Gasteiger partial charge in [0.2, 0.25) is 0 Å². The third-order valence-corrected chi connectivity index (χ3v) is 5.59. The van der Waals surface area contributed by atoms with E-state index in [1.54, 1.807) is 14.2 Å². The fraction of sp³-hybridized carbons (Fsp3) is 0.318. The molecule has 4 rings (SSSR count). The average molecular weight is 407 g/mol. The van der Waals surface area contributed by atoms with Gasteiger partial charge in [0.15, 0.2) is 12.0 Å². The standard InChI is InChI=1S/C22H25N5O3/c1-14-6-4-5-7-16(14)13-27-18-19(26(2)22(29)25-20(18)28)24-21(27)23-12-15-8-10-17(30-3)11-9-15/h4-11,18-19H,12-13H2,1-3H3,(H,23,24)(H,25,28,29). The Hall–Kier alpha value is -3.55. The number of carbonyl (C=O) groups excluding carboxylic acids is 2. The number of methoxy groups -OCH3 is 1. The van der Waals surface area contributed by atoms with Gasteiger partial charge in [-0.05, 0) is 35.7 Å². The SMILES string of the molecule is COc1ccc(CN=C2NC3C(C(=O)NC(=O)N3C)N2Cc2ccccc2C)cc1. The van der Waals surface area contributed by atoms with E-state index in [4.69, 9.17) is 9.73 Å². The number of urea groups is 1. The number of hydrogen-bond acceptors (Lipinski definition) is 4. The number of imide groups is 1. The molecule has 0 aliphatic carbocycles. The molecule has 0 aromatic heterocycles. The molecule has 30 heavy (non-hydrogen) atoms. The summed E-state index contributed by atoms with van der Waals surface area (Å²) in [6.07, 6.45) is -0.468. The summed E-state index contributed by atoms with van der Waals surface area (Å²) in [7, 11) is 3.30. The van der Waals surface area contributed by atoms with Gasteiger partial charge in [0.25, 0.3) is 5.91 Å². The highest BCUT2D eigenvalue weighted by Gasteiger charge is 2.49. The first-order chi connectivity index (χ1) is 14.5. The maximum absolute atomic E-state index is 12.7. The Labute approximate surface area is 175 Å². The van der Waals surface area contributed by atoms with Gasteiger partial charge in [-0.15, -0.1) is 0 Å². The Morgan fingerprint density at radius 3 is 2.53 bits per heavy atom. The van der Waals surface area contributed by atoms with Crippen molar-refractivity contribution in [1.29, 1.82) is 0 Å². The smallest absolute Gasteiger partial charge is 0.325 e. The number of hydrogen-bond donors (Lipinski definition) is 2. The Bertz CT molecular complexity index is 989. The van der Waals surface area contributed by atoms with Gasteiger partial charge >= 0.3 is 6.03 Å². The number of guanidine groups is 1. The second kappa shape index (κ2) is 8.06. The number of nitrogens with zero attached hydrogens (tertiary/aromatic N) is 3. The van der Waals surface area contributed by atoms with E-state index in [9.17, 15) is 9.59 Å². The maximum atomic E-state index is 12.7. The fourth-order valence-corrected chi connectivity index (χ4v) is 3.76. The number of likely N-dealkylation sites (N-methyl/N-ethyl adjacent to an activating group) is 1. The van der Waals surface area contributed by atoms with E-state index in [1.807, 2.05) is 60.4 Å². The monoisotopic (exact) mass is 407 g/mol. The van der Waals surface area contributed by atoms with Crippen LogP contribution in [-0.4, -0.2) is 54.1 Å². The third-order valence-electron chi connectivity index (χ3n) is 5.59. The molecule has 0 saturated carbocycles. The minimum atomic E-state index is -0.554. The zero-order valence-electron chi connectivity index (χ0n) is 17.3. The quantitative estimate of drug-likeness (QED) is 0.790. The van der Waals surface area contributed by atoms with Crippen molar-refractivity contribution >= 4 is 17.9 Å². The molecule has 0 spiro atoms. The van der Waals surface area contributed by atoms with Crippen LogP contribution in [0.25, 0.3) is 0 Å². The molecular weight excluding hydrogens is 382 g/mol. The molecule has 0 bridgehead atoms. The number of nitrogens with one attached hydrogen (secondary N) is 2. The second-order valence-electron chi connectivity index (χ2n) is 7.48. The lowest BCUT2D eigenvalue weighted by Gasteiger charge is -2.35. The number of fused-ring (bicyclic) bond motifs is 1. The van der Waals surface area contributed by atoms with Crippen LogP contribution >= 0.6 is 0 Å². The number of amides is 3. The lowest BCUT2D eigenvalue weighted by molar-refractivity contribution is -0.127. The van der Waals surface area contributed by atoms with Crippen LogP contribution in [0.4, 0.5) is 4.79 Å². The summed E-state index contributed by atoms with van der Waals surface area (Å²) in [5.41, 5.74) is 3.25. The number of carbonyl (C=O) groups is 2. The van der Waals surface area contributed by atoms with E-state index >= 15 is 0 Å². The van der Waals surface area contributed by atoms with Crippen molar-refractivity contribution in [3.05, 3.63) is 65.2 Å². The van der Waals surface area contributed by atoms with E-state index in [-0.39, 0.29) is 5.91 Å². The molecule has 8 heteroatoms. The minimum Gasteiger partial charge on any atom is -0.497 e. The fourth-order valence-electron chi connectivity index (χ4n) is 3.76. The lowest BCUT2D eigenvalue weighted by atomic mass is 10.1. The second-order valence-corrected chi connectivity index (χ2v) is 7.48. The summed E-state index contributed by atoms with van der Waals surface area (Å²) < 4.78 is 5.20. The van der Waals surface area contributed by atoms with Gasteiger partial charge in [-0.2, -0.15) is 0 Å². The van der Waals surface area contributed by atoms with Gasteiger partial charge in [-0.3, -0.25) is 10.1 Å². The molecule has 2 aromatic carbocycles. The van der Waals surface area contributed by atoms with Gasteiger partial charge in [-0.1, -0.05) is 36.4 Å². The first kappa shape index (κ1) is 19.8. The van der Waals surface area contributed by atoms with Crippen LogP contribution in [-0.2, 0) is 17.9 Å². The molecule has 3 amide bonds. The summed E-state index contributed by atoms with van der Waals surface area (Å²) in [6, 6.07) is 14.8. The summed E-state index contributed by atoms with van der Waals surface area (Å²) >= 11 is 0. The lowest BCUT2D eigenvalue weighted by Crippen LogP contribution is -2.64. The number of rotatable bonds is 5. The van der Waals surface area contributed by atoms with E-state index in [0.717, 1.165) is 22.4 Å². The number of aryl methyl sites for hydroxylation is 1. The summed E-state index contributed by atoms with van der Waals surface area (Å²) in [5, 5.41) is 5.72. The molecule has 2 N–H and O–H groups in total. The van der Waals surface area contributed by atoms with Gasteiger partial charge in [0.05, 0.1) is 13.7 Å². The number of benzene rings is 2. The summed E-state index contributed by atoms with van der Waals surface area (Å²) in [4.78, 5) is 33.0. The summed E-state index contributed by atoms with van der Waals surface area (Å²) in [6.45, 7) is 2.99. The Kier molecular flexibility index (Phi) is 5.31. The topological polar surface area (TPSA) is 86.3 Å². The predicted octanol–water partition coefficient (Wildman–Crippen LogP) is 1.84.